The van der Waals surface area contributed by atoms with Gasteiger partial charge in [-0.2, -0.15) is 5.10 Å². The summed E-state index contributed by atoms with van der Waals surface area (Å²) in [4.78, 5) is 17.5. The number of hydrogen-bond acceptors (Lipinski definition) is 4. The van der Waals surface area contributed by atoms with Crippen molar-refractivity contribution in [2.75, 3.05) is 32.8 Å². The fourth-order valence-corrected chi connectivity index (χ4v) is 4.32. The van der Waals surface area contributed by atoms with Crippen molar-refractivity contribution in [1.82, 2.24) is 20.0 Å². The highest BCUT2D eigenvalue weighted by Gasteiger charge is 2.41. The molecule has 0 radical (unpaired) electrons. The second kappa shape index (κ2) is 6.67. The highest BCUT2D eigenvalue weighted by Crippen LogP contribution is 2.34. The Labute approximate surface area is 153 Å². The molecule has 5 rings (SSSR count). The minimum absolute atomic E-state index is 0.0528. The van der Waals surface area contributed by atoms with Crippen molar-refractivity contribution in [3.05, 3.63) is 30.0 Å². The average Bonchev–Trinajstić information content (AvgIpc) is 3.36. The van der Waals surface area contributed by atoms with Crippen LogP contribution in [0.1, 0.15) is 36.2 Å². The van der Waals surface area contributed by atoms with Crippen LogP contribution in [0.25, 0.3) is 10.9 Å². The highest BCUT2D eigenvalue weighted by atomic mass is 16.5. The number of ether oxygens (including phenoxy) is 1. The van der Waals surface area contributed by atoms with Gasteiger partial charge in [0.05, 0.1) is 5.52 Å². The van der Waals surface area contributed by atoms with Crippen LogP contribution in [-0.4, -0.2) is 70.8 Å². The van der Waals surface area contributed by atoms with Crippen LogP contribution in [0.5, 0.6) is 0 Å². The van der Waals surface area contributed by atoms with Crippen molar-refractivity contribution in [3.8, 4) is 0 Å². The van der Waals surface area contributed by atoms with Crippen LogP contribution < -0.4 is 0 Å². The largest absolute Gasteiger partial charge is 0.381 e. The molecule has 1 saturated carbocycles. The van der Waals surface area contributed by atoms with E-state index in [0.29, 0.717) is 17.8 Å². The minimum atomic E-state index is 0.0528. The molecule has 0 unspecified atom stereocenters. The predicted molar refractivity (Wildman–Crippen MR) is 99.1 cm³/mol. The van der Waals surface area contributed by atoms with Gasteiger partial charge in [-0.25, -0.2) is 0 Å². The number of nitrogens with zero attached hydrogens (tertiary/aromatic N) is 3. The third kappa shape index (κ3) is 3.01. The Morgan fingerprint density at radius 1 is 1.15 bits per heavy atom. The van der Waals surface area contributed by atoms with Gasteiger partial charge in [-0.1, -0.05) is 18.2 Å². The van der Waals surface area contributed by atoms with Crippen molar-refractivity contribution in [1.29, 1.82) is 0 Å². The summed E-state index contributed by atoms with van der Waals surface area (Å²) in [5, 5.41) is 8.16. The van der Waals surface area contributed by atoms with Gasteiger partial charge in [0.1, 0.15) is 0 Å². The van der Waals surface area contributed by atoms with E-state index in [1.54, 1.807) is 0 Å². The van der Waals surface area contributed by atoms with E-state index in [9.17, 15) is 4.79 Å². The number of likely N-dealkylation sites (tertiary alicyclic amines) is 1. The number of H-pyrrole nitrogens is 1. The van der Waals surface area contributed by atoms with Gasteiger partial charge in [0, 0.05) is 50.3 Å². The number of carbonyl (C=O) groups excluding carboxylic acids is 1. The third-order valence-electron chi connectivity index (χ3n) is 6.12. The van der Waals surface area contributed by atoms with Crippen molar-refractivity contribution in [2.45, 2.75) is 37.8 Å². The Morgan fingerprint density at radius 3 is 2.69 bits per heavy atom. The molecule has 2 saturated heterocycles. The normalized spacial score (nSPS) is 22.1. The molecule has 1 N–H and O–H groups in total. The van der Waals surface area contributed by atoms with Crippen LogP contribution >= 0.6 is 0 Å². The first-order valence-electron chi connectivity index (χ1n) is 9.85. The molecule has 1 aromatic carbocycles. The van der Waals surface area contributed by atoms with Gasteiger partial charge in [-0.15, -0.1) is 0 Å². The number of nitrogens with one attached hydrogen (secondary N) is 1. The number of aromatic amines is 1. The van der Waals surface area contributed by atoms with Gasteiger partial charge in [0.15, 0.2) is 5.69 Å². The van der Waals surface area contributed by atoms with Crippen LogP contribution in [0.4, 0.5) is 0 Å². The molecule has 1 aromatic heterocycles. The maximum atomic E-state index is 12.9. The molecule has 6 heteroatoms. The number of amides is 1. The maximum Gasteiger partial charge on any atom is 0.275 e. The number of benzene rings is 1. The lowest BCUT2D eigenvalue weighted by molar-refractivity contribution is -0.0268. The summed E-state index contributed by atoms with van der Waals surface area (Å²) in [6.45, 7) is 4.60. The molecule has 138 valence electrons. The van der Waals surface area contributed by atoms with Crippen LogP contribution in [0.3, 0.4) is 0 Å². The van der Waals surface area contributed by atoms with Crippen LogP contribution in [-0.2, 0) is 4.74 Å². The van der Waals surface area contributed by atoms with Crippen LogP contribution in [0.15, 0.2) is 24.3 Å². The van der Waals surface area contributed by atoms with Crippen LogP contribution in [0.2, 0.25) is 0 Å². The predicted octanol–water partition coefficient (Wildman–Crippen LogP) is 2.28. The van der Waals surface area contributed by atoms with E-state index in [1.165, 1.54) is 19.4 Å². The summed E-state index contributed by atoms with van der Waals surface area (Å²) in [6, 6.07) is 8.95. The lowest BCUT2D eigenvalue weighted by atomic mass is 9.98. The fraction of sp³-hybridized carbons (Fsp3) is 0.600. The molecule has 1 amide bonds. The summed E-state index contributed by atoms with van der Waals surface area (Å²) in [5.41, 5.74) is 1.48. The van der Waals surface area contributed by atoms with E-state index in [-0.39, 0.29) is 5.91 Å². The Kier molecular flexibility index (Phi) is 4.17. The standard InChI is InChI=1S/C20H26N4O2/c25-20(19-17-3-1-2-4-18(17)21-22-19)23-12-16(13-23)24(11-14-5-6-14)15-7-9-26-10-8-15/h1-4,14-16H,5-13H2,(H,21,22). The summed E-state index contributed by atoms with van der Waals surface area (Å²) in [7, 11) is 0. The molecule has 1 aliphatic carbocycles. The van der Waals surface area contributed by atoms with Crippen molar-refractivity contribution < 1.29 is 9.53 Å². The van der Waals surface area contributed by atoms with Gasteiger partial charge in [0.25, 0.3) is 5.91 Å². The van der Waals surface area contributed by atoms with E-state index in [4.69, 9.17) is 4.74 Å². The molecule has 6 nitrogen and oxygen atoms in total. The molecular formula is C20H26N4O2. The number of fused-ring (bicyclic) bond motifs is 1. The number of rotatable bonds is 5. The lowest BCUT2D eigenvalue weighted by Crippen LogP contribution is -2.64. The minimum Gasteiger partial charge on any atom is -0.381 e. The molecule has 3 aliphatic rings. The van der Waals surface area contributed by atoms with E-state index < -0.39 is 0 Å². The van der Waals surface area contributed by atoms with Crippen LogP contribution in [0, 0.1) is 5.92 Å². The van der Waals surface area contributed by atoms with E-state index in [1.807, 2.05) is 29.2 Å². The van der Waals surface area contributed by atoms with Gasteiger partial charge in [-0.3, -0.25) is 14.8 Å². The summed E-state index contributed by atoms with van der Waals surface area (Å²) in [5.74, 6) is 0.926. The molecular weight excluding hydrogens is 328 g/mol. The van der Waals surface area contributed by atoms with Gasteiger partial charge < -0.3 is 9.64 Å². The Bertz CT molecular complexity index is 788. The second-order valence-electron chi connectivity index (χ2n) is 7.97. The van der Waals surface area contributed by atoms with Gasteiger partial charge >= 0.3 is 0 Å². The van der Waals surface area contributed by atoms with E-state index >= 15 is 0 Å². The zero-order valence-corrected chi connectivity index (χ0v) is 15.1. The highest BCUT2D eigenvalue weighted by molar-refractivity contribution is 6.04. The smallest absolute Gasteiger partial charge is 0.275 e. The first-order valence-corrected chi connectivity index (χ1v) is 9.85. The Balaban J connectivity index is 1.26. The molecule has 26 heavy (non-hydrogen) atoms. The summed E-state index contributed by atoms with van der Waals surface area (Å²) >= 11 is 0. The maximum absolute atomic E-state index is 12.9. The number of aromatic nitrogens is 2. The Hall–Kier alpha value is -1.92. The number of para-hydroxylation sites is 1. The van der Waals surface area contributed by atoms with E-state index in [0.717, 1.165) is 56.0 Å². The third-order valence-corrected chi connectivity index (χ3v) is 6.12. The fourth-order valence-electron chi connectivity index (χ4n) is 4.32. The quantitative estimate of drug-likeness (QED) is 0.895. The zero-order valence-electron chi connectivity index (χ0n) is 15.1. The molecule has 0 atom stereocenters. The summed E-state index contributed by atoms with van der Waals surface area (Å²) in [6.07, 6.45) is 4.99. The first kappa shape index (κ1) is 16.3. The summed E-state index contributed by atoms with van der Waals surface area (Å²) < 4.78 is 5.55. The lowest BCUT2D eigenvalue weighted by Gasteiger charge is -2.49. The molecule has 3 heterocycles. The average molecular weight is 354 g/mol. The zero-order chi connectivity index (χ0) is 17.5. The topological polar surface area (TPSA) is 61.5 Å². The number of carbonyl (C=O) groups is 1. The van der Waals surface area contributed by atoms with Gasteiger partial charge in [0.2, 0.25) is 0 Å². The van der Waals surface area contributed by atoms with Gasteiger partial charge in [-0.05, 0) is 37.7 Å². The molecule has 3 fully saturated rings. The first-order chi connectivity index (χ1) is 12.8. The molecule has 0 spiro atoms. The van der Waals surface area contributed by atoms with Crippen molar-refractivity contribution >= 4 is 16.8 Å². The monoisotopic (exact) mass is 354 g/mol. The molecule has 2 aromatic rings. The number of hydrogen-bond donors (Lipinski definition) is 1. The van der Waals surface area contributed by atoms with Crippen molar-refractivity contribution in [2.24, 2.45) is 5.92 Å². The molecule has 0 bridgehead atoms. The molecule has 2 aliphatic heterocycles. The van der Waals surface area contributed by atoms with E-state index in [2.05, 4.69) is 15.1 Å². The Morgan fingerprint density at radius 2 is 1.92 bits per heavy atom. The van der Waals surface area contributed by atoms with Crippen molar-refractivity contribution in [3.63, 3.8) is 0 Å². The SMILES string of the molecule is O=C(c1n[nH]c2ccccc12)N1CC(N(CC2CC2)C2CCOCC2)C1. The second-order valence-corrected chi connectivity index (χ2v) is 7.97.